The number of rotatable bonds is 7. The maximum absolute atomic E-state index is 12.9. The summed E-state index contributed by atoms with van der Waals surface area (Å²) in [5.41, 5.74) is 3.60. The van der Waals surface area contributed by atoms with Crippen molar-refractivity contribution in [2.45, 2.75) is 50.7 Å². The number of carbonyl (C=O) groups is 3. The molecule has 2 aliphatic carbocycles. The van der Waals surface area contributed by atoms with Gasteiger partial charge in [0.15, 0.2) is 6.10 Å². The highest BCUT2D eigenvalue weighted by Gasteiger charge is 2.44. The molecule has 3 unspecified atom stereocenters. The van der Waals surface area contributed by atoms with E-state index >= 15 is 0 Å². The molecular formula is C26H30N2O6. The molecule has 2 amide bonds. The average molecular weight is 467 g/mol. The first-order chi connectivity index (χ1) is 16.3. The number of fused-ring (bicyclic) bond motifs is 3. The van der Waals surface area contributed by atoms with E-state index < -0.39 is 35.5 Å². The molecule has 0 aliphatic heterocycles. The number of benzene rings is 2. The Morgan fingerprint density at radius 3 is 2.29 bits per heavy atom. The Morgan fingerprint density at radius 2 is 1.68 bits per heavy atom. The topological polar surface area (TPSA) is 125 Å². The van der Waals surface area contributed by atoms with Crippen LogP contribution in [0.25, 0.3) is 11.1 Å². The molecule has 1 fully saturated rings. The first-order valence-electron chi connectivity index (χ1n) is 11.6. The molecule has 2 aromatic rings. The number of carboxylic acid groups (broad SMARTS) is 1. The molecule has 1 saturated carbocycles. The van der Waals surface area contributed by atoms with Crippen LogP contribution in [0.4, 0.5) is 4.79 Å². The summed E-state index contributed by atoms with van der Waals surface area (Å²) in [5.74, 6) is -1.85. The van der Waals surface area contributed by atoms with E-state index in [9.17, 15) is 19.5 Å². The average Bonchev–Trinajstić information content (AvgIpc) is 3.16. The highest BCUT2D eigenvalue weighted by molar-refractivity contribution is 5.85. The van der Waals surface area contributed by atoms with Crippen LogP contribution in [0.3, 0.4) is 0 Å². The van der Waals surface area contributed by atoms with E-state index in [0.717, 1.165) is 35.1 Å². The van der Waals surface area contributed by atoms with Crippen molar-refractivity contribution in [1.29, 1.82) is 0 Å². The zero-order valence-electron chi connectivity index (χ0n) is 19.1. The van der Waals surface area contributed by atoms with E-state index in [2.05, 4.69) is 34.9 Å². The van der Waals surface area contributed by atoms with Gasteiger partial charge in [0.1, 0.15) is 6.61 Å². The van der Waals surface area contributed by atoms with Gasteiger partial charge in [-0.3, -0.25) is 4.79 Å². The molecule has 0 heterocycles. The third-order valence-electron chi connectivity index (χ3n) is 7.10. The van der Waals surface area contributed by atoms with Gasteiger partial charge in [0.05, 0.1) is 12.0 Å². The number of nitrogens with one attached hydrogen (secondary N) is 2. The van der Waals surface area contributed by atoms with Crippen LogP contribution < -0.4 is 10.6 Å². The minimum Gasteiger partial charge on any atom is -0.479 e. The lowest BCUT2D eigenvalue weighted by Gasteiger charge is -2.40. The molecule has 0 aromatic heterocycles. The van der Waals surface area contributed by atoms with Gasteiger partial charge in [0.25, 0.3) is 0 Å². The van der Waals surface area contributed by atoms with E-state index in [4.69, 9.17) is 9.84 Å². The van der Waals surface area contributed by atoms with Crippen LogP contribution in [0.1, 0.15) is 49.7 Å². The normalized spacial score (nSPS) is 22.2. The number of amides is 2. The Labute approximate surface area is 198 Å². The number of hydrogen-bond donors (Lipinski definition) is 4. The third-order valence-corrected chi connectivity index (χ3v) is 7.10. The van der Waals surface area contributed by atoms with Gasteiger partial charge < -0.3 is 25.6 Å². The van der Waals surface area contributed by atoms with E-state index in [1.165, 1.54) is 0 Å². The van der Waals surface area contributed by atoms with Crippen LogP contribution >= 0.6 is 0 Å². The Bertz CT molecular complexity index is 1040. The first kappa shape index (κ1) is 23.8. The number of carbonyl (C=O) groups excluding carboxylic acids is 2. The molecule has 34 heavy (non-hydrogen) atoms. The number of aliphatic hydroxyl groups excluding tert-OH is 1. The Hall–Kier alpha value is -3.39. The van der Waals surface area contributed by atoms with Gasteiger partial charge in [-0.2, -0.15) is 0 Å². The molecule has 0 saturated heterocycles. The van der Waals surface area contributed by atoms with Gasteiger partial charge >= 0.3 is 12.1 Å². The second-order valence-electron chi connectivity index (χ2n) is 9.25. The number of alkyl carbamates (subject to hydrolysis) is 1. The van der Waals surface area contributed by atoms with E-state index in [1.807, 2.05) is 24.3 Å². The lowest BCUT2D eigenvalue weighted by Crippen LogP contribution is -2.56. The standard InChI is InChI=1S/C26H30N2O6/c1-26(24(32)27-14-21(29)23(30)31)13-7-6-12-22(26)28-25(33)34-15-20-18-10-4-2-8-16(18)17-9-3-5-11-19(17)20/h2-5,8-11,20-22,29H,6-7,12-15H2,1H3,(H,27,32)(H,28,33)(H,30,31). The van der Waals surface area contributed by atoms with Crippen LogP contribution in [-0.4, -0.2) is 53.5 Å². The molecule has 4 N–H and O–H groups in total. The molecule has 3 atom stereocenters. The number of aliphatic carboxylic acids is 1. The van der Waals surface area contributed by atoms with Crippen LogP contribution in [0.5, 0.6) is 0 Å². The van der Waals surface area contributed by atoms with Gasteiger partial charge in [0.2, 0.25) is 5.91 Å². The van der Waals surface area contributed by atoms with E-state index in [0.29, 0.717) is 12.8 Å². The number of carboxylic acids is 1. The second kappa shape index (κ2) is 9.85. The summed E-state index contributed by atoms with van der Waals surface area (Å²) in [6.45, 7) is 1.55. The van der Waals surface area contributed by atoms with Gasteiger partial charge in [-0.1, -0.05) is 61.4 Å². The van der Waals surface area contributed by atoms with Crippen LogP contribution in [-0.2, 0) is 14.3 Å². The summed E-state index contributed by atoms with van der Waals surface area (Å²) in [4.78, 5) is 36.5. The quantitative estimate of drug-likeness (QED) is 0.497. The van der Waals surface area contributed by atoms with Crippen molar-refractivity contribution in [3.05, 3.63) is 59.7 Å². The minimum atomic E-state index is -1.68. The van der Waals surface area contributed by atoms with Crippen molar-refractivity contribution in [2.24, 2.45) is 5.41 Å². The molecule has 2 aromatic carbocycles. The van der Waals surface area contributed by atoms with Crippen LogP contribution in [0, 0.1) is 5.41 Å². The molecule has 0 spiro atoms. The van der Waals surface area contributed by atoms with Crippen molar-refractivity contribution in [2.75, 3.05) is 13.2 Å². The first-order valence-corrected chi connectivity index (χ1v) is 11.6. The molecule has 8 nitrogen and oxygen atoms in total. The van der Waals surface area contributed by atoms with E-state index in [-0.39, 0.29) is 19.1 Å². The number of aliphatic hydroxyl groups is 1. The zero-order valence-corrected chi connectivity index (χ0v) is 19.1. The van der Waals surface area contributed by atoms with Gasteiger partial charge in [-0.15, -0.1) is 0 Å². The maximum Gasteiger partial charge on any atom is 0.407 e. The molecule has 0 radical (unpaired) electrons. The van der Waals surface area contributed by atoms with Crippen molar-refractivity contribution < 1.29 is 29.3 Å². The molecule has 180 valence electrons. The lowest BCUT2D eigenvalue weighted by atomic mass is 9.71. The summed E-state index contributed by atoms with van der Waals surface area (Å²) in [5, 5.41) is 23.7. The van der Waals surface area contributed by atoms with E-state index in [1.54, 1.807) is 6.92 Å². The predicted molar refractivity (Wildman–Crippen MR) is 125 cm³/mol. The van der Waals surface area contributed by atoms with Crippen LogP contribution in [0.2, 0.25) is 0 Å². The summed E-state index contributed by atoms with van der Waals surface area (Å²) in [6, 6.07) is 15.7. The summed E-state index contributed by atoms with van der Waals surface area (Å²) >= 11 is 0. The monoisotopic (exact) mass is 466 g/mol. The van der Waals surface area contributed by atoms with Crippen molar-refractivity contribution in [1.82, 2.24) is 10.6 Å². The molecule has 8 heteroatoms. The largest absolute Gasteiger partial charge is 0.479 e. The number of ether oxygens (including phenoxy) is 1. The van der Waals surface area contributed by atoms with Gasteiger partial charge in [-0.25, -0.2) is 9.59 Å². The maximum atomic E-state index is 12.9. The fourth-order valence-corrected chi connectivity index (χ4v) is 5.10. The fraction of sp³-hybridized carbons (Fsp3) is 0.423. The SMILES string of the molecule is CC1(C(=O)NCC(O)C(=O)O)CCCCC1NC(=O)OCC1c2ccccc2-c2ccccc21. The Balaban J connectivity index is 1.40. The van der Waals surface area contributed by atoms with Gasteiger partial charge in [-0.05, 0) is 42.0 Å². The summed E-state index contributed by atoms with van der Waals surface area (Å²) in [7, 11) is 0. The van der Waals surface area contributed by atoms with Crippen molar-refractivity contribution in [3.8, 4) is 11.1 Å². The predicted octanol–water partition coefficient (Wildman–Crippen LogP) is 3.04. The number of hydrogen-bond acceptors (Lipinski definition) is 5. The van der Waals surface area contributed by atoms with Gasteiger partial charge in [0, 0.05) is 12.0 Å². The van der Waals surface area contributed by atoms with Crippen molar-refractivity contribution in [3.63, 3.8) is 0 Å². The molecule has 0 bridgehead atoms. The Morgan fingerprint density at radius 1 is 1.06 bits per heavy atom. The summed E-state index contributed by atoms with van der Waals surface area (Å²) in [6.07, 6.45) is 0.554. The molecular weight excluding hydrogens is 436 g/mol. The highest BCUT2D eigenvalue weighted by atomic mass is 16.5. The van der Waals surface area contributed by atoms with Crippen molar-refractivity contribution >= 4 is 18.0 Å². The zero-order chi connectivity index (χ0) is 24.3. The highest BCUT2D eigenvalue weighted by Crippen LogP contribution is 2.44. The minimum absolute atomic E-state index is 0.0586. The van der Waals surface area contributed by atoms with Crippen LogP contribution in [0.15, 0.2) is 48.5 Å². The lowest BCUT2D eigenvalue weighted by molar-refractivity contribution is -0.147. The second-order valence-corrected chi connectivity index (χ2v) is 9.25. The Kier molecular flexibility index (Phi) is 6.88. The third kappa shape index (κ3) is 4.63. The smallest absolute Gasteiger partial charge is 0.407 e. The fourth-order valence-electron chi connectivity index (χ4n) is 5.10. The molecule has 4 rings (SSSR count). The molecule has 2 aliphatic rings. The summed E-state index contributed by atoms with van der Waals surface area (Å²) < 4.78 is 5.65.